The second-order valence-corrected chi connectivity index (χ2v) is 11.2. The number of allylic oxidation sites excluding steroid dienone is 2. The number of fused-ring (bicyclic) bond motifs is 7. The Morgan fingerprint density at radius 1 is 0.767 bits per heavy atom. The molecular formula is C37H25N3O3. The molecule has 0 saturated heterocycles. The highest BCUT2D eigenvalue weighted by atomic mass is 16.5. The van der Waals surface area contributed by atoms with Gasteiger partial charge < -0.3 is 18.8 Å². The van der Waals surface area contributed by atoms with Crippen LogP contribution in [0.1, 0.15) is 11.5 Å². The fourth-order valence-electron chi connectivity index (χ4n) is 6.50. The number of benzene rings is 4. The van der Waals surface area contributed by atoms with Crippen molar-refractivity contribution in [2.75, 3.05) is 0 Å². The lowest BCUT2D eigenvalue weighted by Crippen LogP contribution is -2.15. The molecule has 0 spiro atoms. The molecule has 2 atom stereocenters. The Morgan fingerprint density at radius 2 is 1.63 bits per heavy atom. The molecule has 3 aromatic heterocycles. The van der Waals surface area contributed by atoms with E-state index in [1.54, 1.807) is 6.07 Å². The predicted octanol–water partition coefficient (Wildman–Crippen LogP) is 8.54. The van der Waals surface area contributed by atoms with Gasteiger partial charge in [0, 0.05) is 58.1 Å². The van der Waals surface area contributed by atoms with E-state index in [0.29, 0.717) is 17.0 Å². The van der Waals surface area contributed by atoms with E-state index < -0.39 is 0 Å². The van der Waals surface area contributed by atoms with Crippen LogP contribution in [0, 0.1) is 0 Å². The van der Waals surface area contributed by atoms with Gasteiger partial charge in [0.2, 0.25) is 0 Å². The summed E-state index contributed by atoms with van der Waals surface area (Å²) in [6, 6.07) is 28.2. The molecule has 0 bridgehead atoms. The standard InChI is InChI=1S/C37H25N3O3/c1-40-20-31(39-37(40)28-18-25-23-9-3-6-12-33(23)42-35(25)19-32(28)41)22-16-26-24-10-4-7-13-34(24)43-36(26)27(17-22)30-15-14-21-8-2-5-11-29(21)38-30/h2-20,24,34,41H,1H3. The van der Waals surface area contributed by atoms with Crippen LogP contribution in [0.5, 0.6) is 11.5 Å². The minimum atomic E-state index is -0.0535. The van der Waals surface area contributed by atoms with Gasteiger partial charge in [-0.15, -0.1) is 0 Å². The van der Waals surface area contributed by atoms with Gasteiger partial charge in [0.15, 0.2) is 0 Å². The van der Waals surface area contributed by atoms with E-state index in [1.807, 2.05) is 72.4 Å². The SMILES string of the molecule is Cn1cc(-c2cc(-c3ccc4ccccc4n3)c3c(c2)C2C=CC=CC2O3)nc1-c1cc2c(cc1O)oc1ccccc12. The maximum absolute atomic E-state index is 11.1. The summed E-state index contributed by atoms with van der Waals surface area (Å²) < 4.78 is 14.5. The van der Waals surface area contributed by atoms with E-state index in [-0.39, 0.29) is 17.8 Å². The van der Waals surface area contributed by atoms with Crippen molar-refractivity contribution in [3.05, 3.63) is 121 Å². The topological polar surface area (TPSA) is 73.3 Å². The number of furan rings is 1. The molecule has 9 rings (SSSR count). The fraction of sp³-hybridized carbons (Fsp3) is 0.0811. The number of imidazole rings is 1. The molecule has 6 heteroatoms. The van der Waals surface area contributed by atoms with Crippen LogP contribution in [0.4, 0.5) is 0 Å². The Hall–Kier alpha value is -5.62. The number of phenols is 1. The van der Waals surface area contributed by atoms with E-state index >= 15 is 0 Å². The van der Waals surface area contributed by atoms with E-state index in [0.717, 1.165) is 61.1 Å². The van der Waals surface area contributed by atoms with Gasteiger partial charge in [0.1, 0.15) is 34.6 Å². The summed E-state index contributed by atoms with van der Waals surface area (Å²) in [5, 5.41) is 14.1. The van der Waals surface area contributed by atoms with E-state index in [4.69, 9.17) is 19.1 Å². The molecular weight excluding hydrogens is 534 g/mol. The molecule has 0 saturated carbocycles. The molecule has 4 aromatic carbocycles. The number of aromatic nitrogens is 3. The molecule has 2 aliphatic rings. The summed E-state index contributed by atoms with van der Waals surface area (Å²) in [7, 11) is 1.95. The Labute approximate surface area is 246 Å². The van der Waals surface area contributed by atoms with Crippen molar-refractivity contribution in [1.82, 2.24) is 14.5 Å². The Morgan fingerprint density at radius 3 is 2.58 bits per heavy atom. The number of aromatic hydroxyl groups is 1. The summed E-state index contributed by atoms with van der Waals surface area (Å²) in [5.74, 6) is 1.77. The van der Waals surface area contributed by atoms with E-state index in [2.05, 4.69) is 48.6 Å². The van der Waals surface area contributed by atoms with Crippen LogP contribution in [0.15, 0.2) is 120 Å². The summed E-state index contributed by atoms with van der Waals surface area (Å²) in [4.78, 5) is 10.1. The first-order chi connectivity index (χ1) is 21.1. The first kappa shape index (κ1) is 24.0. The average molecular weight is 560 g/mol. The van der Waals surface area contributed by atoms with Crippen molar-refractivity contribution in [2.24, 2.45) is 7.05 Å². The Balaban J connectivity index is 1.22. The molecule has 1 aliphatic heterocycles. The lowest BCUT2D eigenvalue weighted by atomic mass is 9.89. The molecule has 0 fully saturated rings. The van der Waals surface area contributed by atoms with Crippen LogP contribution in [0.2, 0.25) is 0 Å². The smallest absolute Gasteiger partial charge is 0.144 e. The summed E-state index contributed by atoms with van der Waals surface area (Å²) in [5.41, 5.74) is 7.70. The van der Waals surface area contributed by atoms with Gasteiger partial charge in [-0.25, -0.2) is 9.97 Å². The minimum absolute atomic E-state index is 0.0535. The first-order valence-corrected chi connectivity index (χ1v) is 14.3. The predicted molar refractivity (Wildman–Crippen MR) is 169 cm³/mol. The normalized spacial score (nSPS) is 17.0. The average Bonchev–Trinajstić information content (AvgIpc) is 3.72. The molecule has 0 amide bonds. The number of ether oxygens (including phenoxy) is 1. The number of pyridine rings is 1. The van der Waals surface area contributed by atoms with E-state index in [9.17, 15) is 5.11 Å². The lowest BCUT2D eigenvalue weighted by Gasteiger charge is -2.14. The van der Waals surface area contributed by atoms with Crippen LogP contribution in [-0.2, 0) is 7.05 Å². The Kier molecular flexibility index (Phi) is 4.99. The van der Waals surface area contributed by atoms with Crippen molar-refractivity contribution < 1.29 is 14.3 Å². The van der Waals surface area contributed by atoms with Crippen LogP contribution >= 0.6 is 0 Å². The molecule has 0 radical (unpaired) electrons. The van der Waals surface area contributed by atoms with Gasteiger partial charge in [0.25, 0.3) is 0 Å². The lowest BCUT2D eigenvalue weighted by molar-refractivity contribution is 0.270. The number of para-hydroxylation sites is 2. The van der Waals surface area contributed by atoms with Gasteiger partial charge in [0.05, 0.1) is 22.5 Å². The zero-order chi connectivity index (χ0) is 28.7. The molecule has 6 nitrogen and oxygen atoms in total. The number of rotatable bonds is 3. The van der Waals surface area contributed by atoms with Gasteiger partial charge in [-0.3, -0.25) is 0 Å². The molecule has 206 valence electrons. The largest absolute Gasteiger partial charge is 0.507 e. The summed E-state index contributed by atoms with van der Waals surface area (Å²) >= 11 is 0. The van der Waals surface area contributed by atoms with Crippen molar-refractivity contribution in [3.8, 4) is 45.4 Å². The number of hydrogen-bond acceptors (Lipinski definition) is 5. The number of aryl methyl sites for hydroxylation is 1. The van der Waals surface area contributed by atoms with Crippen LogP contribution < -0.4 is 4.74 Å². The van der Waals surface area contributed by atoms with Crippen LogP contribution in [0.25, 0.3) is 66.7 Å². The highest BCUT2D eigenvalue weighted by Gasteiger charge is 2.35. The van der Waals surface area contributed by atoms with Crippen LogP contribution in [0.3, 0.4) is 0 Å². The van der Waals surface area contributed by atoms with Gasteiger partial charge in [-0.05, 0) is 42.5 Å². The molecule has 1 N–H and O–H groups in total. The number of phenolic OH excluding ortho intramolecular Hbond substituents is 1. The van der Waals surface area contributed by atoms with Crippen molar-refractivity contribution >= 4 is 32.8 Å². The van der Waals surface area contributed by atoms with Crippen molar-refractivity contribution in [1.29, 1.82) is 0 Å². The maximum atomic E-state index is 11.1. The second kappa shape index (κ2) is 8.94. The first-order valence-electron chi connectivity index (χ1n) is 14.3. The molecule has 1 aliphatic carbocycles. The highest BCUT2D eigenvalue weighted by molar-refractivity contribution is 6.07. The van der Waals surface area contributed by atoms with Crippen molar-refractivity contribution in [2.45, 2.75) is 12.0 Å². The highest BCUT2D eigenvalue weighted by Crippen LogP contribution is 2.49. The van der Waals surface area contributed by atoms with Gasteiger partial charge >= 0.3 is 0 Å². The molecule has 7 aromatic rings. The summed E-state index contributed by atoms with van der Waals surface area (Å²) in [6.45, 7) is 0. The van der Waals surface area contributed by atoms with Crippen LogP contribution in [-0.4, -0.2) is 25.7 Å². The molecule has 43 heavy (non-hydrogen) atoms. The van der Waals surface area contributed by atoms with Gasteiger partial charge in [-0.2, -0.15) is 0 Å². The third-order valence-corrected chi connectivity index (χ3v) is 8.60. The third kappa shape index (κ3) is 3.66. The minimum Gasteiger partial charge on any atom is -0.507 e. The fourth-order valence-corrected chi connectivity index (χ4v) is 6.50. The molecule has 2 unspecified atom stereocenters. The van der Waals surface area contributed by atoms with Crippen molar-refractivity contribution in [3.63, 3.8) is 0 Å². The van der Waals surface area contributed by atoms with Gasteiger partial charge in [-0.1, -0.05) is 60.7 Å². The second-order valence-electron chi connectivity index (χ2n) is 11.2. The zero-order valence-corrected chi connectivity index (χ0v) is 23.2. The molecule has 4 heterocycles. The number of nitrogens with zero attached hydrogens (tertiary/aromatic N) is 3. The van der Waals surface area contributed by atoms with E-state index in [1.165, 1.54) is 0 Å². The Bertz CT molecular complexity index is 2320. The zero-order valence-electron chi connectivity index (χ0n) is 23.2. The number of hydrogen-bond donors (Lipinski definition) is 1. The third-order valence-electron chi connectivity index (χ3n) is 8.60. The summed E-state index contributed by atoms with van der Waals surface area (Å²) in [6.07, 6.45) is 10.4. The maximum Gasteiger partial charge on any atom is 0.144 e. The quantitative estimate of drug-likeness (QED) is 0.235. The monoisotopic (exact) mass is 559 g/mol.